The zero-order valence-corrected chi connectivity index (χ0v) is 22.0. The molecule has 11 heteroatoms. The van der Waals surface area contributed by atoms with Gasteiger partial charge >= 0.3 is 5.97 Å². The van der Waals surface area contributed by atoms with Gasteiger partial charge in [-0.2, -0.15) is 0 Å². The van der Waals surface area contributed by atoms with E-state index in [4.69, 9.17) is 14.6 Å². The molecule has 0 unspecified atom stereocenters. The molecule has 4 rings (SSSR count). The van der Waals surface area contributed by atoms with Crippen molar-refractivity contribution in [3.8, 4) is 0 Å². The molecule has 3 N–H and O–H groups in total. The fraction of sp³-hybridized carbons (Fsp3) is 0.407. The van der Waals surface area contributed by atoms with Crippen LogP contribution in [-0.4, -0.2) is 48.7 Å². The molecule has 10 nitrogen and oxygen atoms in total. The van der Waals surface area contributed by atoms with Crippen LogP contribution in [0.3, 0.4) is 0 Å². The number of aromatic nitrogens is 3. The number of aliphatic hydroxyl groups excluding tert-OH is 1. The van der Waals surface area contributed by atoms with E-state index in [1.807, 2.05) is 54.1 Å². The number of aryl methyl sites for hydroxylation is 1. The first-order chi connectivity index (χ1) is 18.4. The molecular formula is C27H32N4O6S. The number of carboxylic acids is 1. The van der Waals surface area contributed by atoms with E-state index < -0.39 is 12.3 Å². The Bertz CT molecular complexity index is 1220. The van der Waals surface area contributed by atoms with Crippen molar-refractivity contribution in [2.75, 3.05) is 11.1 Å². The van der Waals surface area contributed by atoms with E-state index in [2.05, 4.69) is 15.5 Å². The van der Waals surface area contributed by atoms with Crippen molar-refractivity contribution in [2.45, 2.75) is 62.4 Å². The molecule has 1 fully saturated rings. The molecule has 0 spiro atoms. The Morgan fingerprint density at radius 2 is 1.89 bits per heavy atom. The minimum absolute atomic E-state index is 0.0213. The number of hydrogen-bond acceptors (Lipinski definition) is 8. The maximum atomic E-state index is 12.4. The molecular weight excluding hydrogens is 508 g/mol. The summed E-state index contributed by atoms with van der Waals surface area (Å²) in [7, 11) is 1.90. The maximum absolute atomic E-state index is 12.4. The molecule has 2 heterocycles. The third-order valence-corrected chi connectivity index (χ3v) is 7.34. The second kappa shape index (κ2) is 13.5. The minimum Gasteiger partial charge on any atom is -0.481 e. The fourth-order valence-corrected chi connectivity index (χ4v) is 5.05. The third kappa shape index (κ3) is 7.87. The Morgan fingerprint density at radius 3 is 2.61 bits per heavy atom. The second-order valence-electron chi connectivity index (χ2n) is 9.16. The van der Waals surface area contributed by atoms with Gasteiger partial charge in [0.25, 0.3) is 0 Å². The first-order valence-electron chi connectivity index (χ1n) is 12.5. The summed E-state index contributed by atoms with van der Waals surface area (Å²) in [6.45, 7) is -0.0213. The number of aliphatic hydroxyl groups is 1. The molecule has 3 aromatic rings. The van der Waals surface area contributed by atoms with Gasteiger partial charge in [0.15, 0.2) is 11.4 Å². The normalized spacial score (nSPS) is 19.3. The van der Waals surface area contributed by atoms with Crippen LogP contribution in [0.25, 0.3) is 0 Å². The van der Waals surface area contributed by atoms with Crippen molar-refractivity contribution >= 4 is 29.3 Å². The molecule has 202 valence electrons. The quantitative estimate of drug-likeness (QED) is 0.228. The van der Waals surface area contributed by atoms with E-state index in [0.29, 0.717) is 30.7 Å². The van der Waals surface area contributed by atoms with Gasteiger partial charge in [0.2, 0.25) is 5.91 Å². The van der Waals surface area contributed by atoms with Crippen molar-refractivity contribution < 1.29 is 29.3 Å². The number of carbonyl (C=O) groups excluding carboxylic acids is 1. The molecule has 1 saturated heterocycles. The van der Waals surface area contributed by atoms with E-state index >= 15 is 0 Å². The number of aliphatic carboxylic acids is 1. The summed E-state index contributed by atoms with van der Waals surface area (Å²) in [6.07, 6.45) is 2.57. The van der Waals surface area contributed by atoms with Crippen molar-refractivity contribution in [3.63, 3.8) is 0 Å². The molecule has 38 heavy (non-hydrogen) atoms. The summed E-state index contributed by atoms with van der Waals surface area (Å²) in [4.78, 5) is 23.0. The van der Waals surface area contributed by atoms with Gasteiger partial charge in [0, 0.05) is 43.3 Å². The van der Waals surface area contributed by atoms with Gasteiger partial charge < -0.3 is 29.6 Å². The number of rotatable bonds is 12. The number of anilines is 1. The lowest BCUT2D eigenvalue weighted by atomic mass is 10.0. The monoisotopic (exact) mass is 540 g/mol. The number of ether oxygens (including phenoxy) is 2. The van der Waals surface area contributed by atoms with E-state index in [1.54, 1.807) is 24.2 Å². The topological polar surface area (TPSA) is 136 Å². The largest absolute Gasteiger partial charge is 0.481 e. The van der Waals surface area contributed by atoms with Crippen LogP contribution < -0.4 is 5.32 Å². The van der Waals surface area contributed by atoms with Crippen LogP contribution in [0.4, 0.5) is 5.69 Å². The maximum Gasteiger partial charge on any atom is 0.303 e. The highest BCUT2D eigenvalue weighted by Gasteiger charge is 2.32. The zero-order chi connectivity index (χ0) is 26.9. The highest BCUT2D eigenvalue weighted by molar-refractivity contribution is 7.99. The Balaban J connectivity index is 1.45. The third-order valence-electron chi connectivity index (χ3n) is 6.17. The zero-order valence-electron chi connectivity index (χ0n) is 21.2. The minimum atomic E-state index is -0.860. The lowest BCUT2D eigenvalue weighted by Crippen LogP contribution is -2.31. The Kier molecular flexibility index (Phi) is 9.88. The first-order valence-corrected chi connectivity index (χ1v) is 13.5. The predicted octanol–water partition coefficient (Wildman–Crippen LogP) is 4.23. The van der Waals surface area contributed by atoms with Crippen molar-refractivity contribution in [1.82, 2.24) is 14.8 Å². The summed E-state index contributed by atoms with van der Waals surface area (Å²) < 4.78 is 14.6. The average Bonchev–Trinajstić information content (AvgIpc) is 3.34. The molecule has 0 radical (unpaired) electrons. The summed E-state index contributed by atoms with van der Waals surface area (Å²) in [5.41, 5.74) is 3.23. The molecule has 1 amide bonds. The average molecular weight is 541 g/mol. The van der Waals surface area contributed by atoms with Crippen LogP contribution in [0.1, 0.15) is 61.2 Å². The van der Waals surface area contributed by atoms with Gasteiger partial charge in [-0.1, -0.05) is 48.2 Å². The van der Waals surface area contributed by atoms with E-state index in [9.17, 15) is 14.7 Å². The first kappa shape index (κ1) is 27.8. The Hall–Kier alpha value is -3.25. The van der Waals surface area contributed by atoms with Crippen LogP contribution in [-0.2, 0) is 32.7 Å². The number of nitrogens with zero attached hydrogens (tertiary/aromatic N) is 3. The molecule has 0 bridgehead atoms. The summed E-state index contributed by atoms with van der Waals surface area (Å²) >= 11 is 1.57. The summed E-state index contributed by atoms with van der Waals surface area (Å²) in [6, 6.07) is 15.1. The van der Waals surface area contributed by atoms with Crippen LogP contribution in [0.5, 0.6) is 0 Å². The lowest BCUT2D eigenvalue weighted by Gasteiger charge is -2.36. The molecule has 0 aliphatic carbocycles. The van der Waals surface area contributed by atoms with Crippen LogP contribution >= 0.6 is 11.8 Å². The van der Waals surface area contributed by atoms with Crippen molar-refractivity contribution in [3.05, 3.63) is 71.5 Å². The van der Waals surface area contributed by atoms with E-state index in [1.165, 1.54) is 0 Å². The highest BCUT2D eigenvalue weighted by Crippen LogP contribution is 2.39. The molecule has 3 atom stereocenters. The fourth-order valence-electron chi connectivity index (χ4n) is 4.14. The number of thioether (sulfide) groups is 1. The number of nitrogens with one attached hydrogen (secondary N) is 1. The van der Waals surface area contributed by atoms with Gasteiger partial charge in [-0.15, -0.1) is 10.2 Å². The second-order valence-corrected chi connectivity index (χ2v) is 10.1. The van der Waals surface area contributed by atoms with Gasteiger partial charge in [0.05, 0.1) is 18.8 Å². The Morgan fingerprint density at radius 1 is 1.11 bits per heavy atom. The van der Waals surface area contributed by atoms with Gasteiger partial charge in [-0.3, -0.25) is 9.59 Å². The van der Waals surface area contributed by atoms with E-state index in [0.717, 1.165) is 21.8 Å². The SMILES string of the molecule is Cn1cnnc1SC[C@H]1C[C@@H](c2ccc(CO)cc2)O[C@@H](c2cccc(NC(=O)CCCCC(=O)O)c2)O1. The molecule has 2 aromatic carbocycles. The summed E-state index contributed by atoms with van der Waals surface area (Å²) in [5.74, 6) is -0.371. The lowest BCUT2D eigenvalue weighted by molar-refractivity contribution is -0.245. The van der Waals surface area contributed by atoms with Crippen LogP contribution in [0.15, 0.2) is 60.0 Å². The van der Waals surface area contributed by atoms with E-state index in [-0.39, 0.29) is 37.6 Å². The predicted molar refractivity (Wildman–Crippen MR) is 141 cm³/mol. The number of hydrogen-bond donors (Lipinski definition) is 3. The standard InChI is InChI=1S/C27H32N4O6S/c1-31-17-28-30-27(31)38-16-22-14-23(19-11-9-18(15-32)10-12-19)37-26(36-22)20-5-4-6-21(13-20)29-24(33)7-2-3-8-25(34)35/h4-6,9-13,17,22-23,26,32H,2-3,7-8,14-16H2,1H3,(H,29,33)(H,34,35)/t22-,23+,26+/m1/s1. The molecule has 1 aromatic heterocycles. The van der Waals surface area contributed by atoms with Crippen LogP contribution in [0.2, 0.25) is 0 Å². The van der Waals surface area contributed by atoms with Crippen molar-refractivity contribution in [1.29, 1.82) is 0 Å². The number of carbonyl (C=O) groups is 2. The number of unbranched alkanes of at least 4 members (excludes halogenated alkanes) is 1. The molecule has 1 aliphatic rings. The molecule has 0 saturated carbocycles. The van der Waals surface area contributed by atoms with Crippen molar-refractivity contribution in [2.24, 2.45) is 7.05 Å². The smallest absolute Gasteiger partial charge is 0.303 e. The number of amides is 1. The van der Waals surface area contributed by atoms with Gasteiger partial charge in [-0.05, 0) is 36.1 Å². The Labute approximate surface area is 225 Å². The molecule has 1 aliphatic heterocycles. The van der Waals surface area contributed by atoms with Gasteiger partial charge in [0.1, 0.15) is 6.33 Å². The number of carboxylic acid groups (broad SMARTS) is 1. The number of benzene rings is 2. The van der Waals surface area contributed by atoms with Gasteiger partial charge in [-0.25, -0.2) is 0 Å². The van der Waals surface area contributed by atoms with Crippen LogP contribution in [0, 0.1) is 0 Å². The summed E-state index contributed by atoms with van der Waals surface area (Å²) in [5, 5.41) is 29.9. The highest BCUT2D eigenvalue weighted by atomic mass is 32.2.